The van der Waals surface area contributed by atoms with Crippen LogP contribution in [-0.2, 0) is 4.79 Å². The highest BCUT2D eigenvalue weighted by Gasteiger charge is 2.40. The molecule has 0 radical (unpaired) electrons. The smallest absolute Gasteiger partial charge is 0.236 e. The van der Waals surface area contributed by atoms with Crippen LogP contribution in [0, 0.1) is 5.92 Å². The number of aromatic amines is 1. The summed E-state index contributed by atoms with van der Waals surface area (Å²) in [5.41, 5.74) is 2.83. The molecule has 2 unspecified atom stereocenters. The number of benzene rings is 2. The van der Waals surface area contributed by atoms with Gasteiger partial charge in [0.15, 0.2) is 18.2 Å². The first-order valence-corrected chi connectivity index (χ1v) is 10.1. The zero-order valence-corrected chi connectivity index (χ0v) is 17.1. The Labute approximate surface area is 184 Å². The minimum Gasteiger partial charge on any atom is -0.508 e. The van der Waals surface area contributed by atoms with Gasteiger partial charge >= 0.3 is 0 Å². The van der Waals surface area contributed by atoms with E-state index in [1.54, 1.807) is 47.4 Å². The van der Waals surface area contributed by atoms with E-state index < -0.39 is 12.0 Å². The molecule has 0 bridgehead atoms. The third kappa shape index (κ3) is 3.58. The molecule has 32 heavy (non-hydrogen) atoms. The van der Waals surface area contributed by atoms with E-state index in [1.165, 1.54) is 0 Å². The zero-order chi connectivity index (χ0) is 22.1. The summed E-state index contributed by atoms with van der Waals surface area (Å²) in [4.78, 5) is 21.0. The van der Waals surface area contributed by atoms with Gasteiger partial charge in [-0.1, -0.05) is 49.0 Å². The van der Waals surface area contributed by atoms with Crippen LogP contribution in [0.2, 0.25) is 0 Å². The Morgan fingerprint density at radius 3 is 2.59 bits per heavy atom. The van der Waals surface area contributed by atoms with Crippen molar-refractivity contribution < 1.29 is 14.9 Å². The highest BCUT2D eigenvalue weighted by atomic mass is 16.3. The molecule has 1 aliphatic rings. The number of nitrogens with one attached hydrogen (secondary N) is 3. The number of hydrogen-bond donors (Lipinski definition) is 3. The summed E-state index contributed by atoms with van der Waals surface area (Å²) in [6.07, 6.45) is 3.48. The lowest BCUT2D eigenvalue weighted by Crippen LogP contribution is -2.39. The summed E-state index contributed by atoms with van der Waals surface area (Å²) in [7, 11) is 0. The molecule has 0 spiro atoms. The molecule has 0 aliphatic carbocycles. The van der Waals surface area contributed by atoms with E-state index >= 15 is 0 Å². The number of rotatable bonds is 4. The maximum absolute atomic E-state index is 13.4. The molecule has 2 atom stereocenters. The molecular weight excluding hydrogens is 404 g/mol. The quantitative estimate of drug-likeness (QED) is 0.465. The van der Waals surface area contributed by atoms with Crippen molar-refractivity contribution in [3.05, 3.63) is 97.0 Å². The molecular formula is C24H21N6O2+. The summed E-state index contributed by atoms with van der Waals surface area (Å²) in [5.74, 6) is 0.290. The molecule has 4 aromatic rings. The Morgan fingerprint density at radius 2 is 1.88 bits per heavy atom. The van der Waals surface area contributed by atoms with Gasteiger partial charge in [-0.25, -0.2) is 9.67 Å². The molecule has 5 rings (SSSR count). The van der Waals surface area contributed by atoms with Crippen molar-refractivity contribution in [2.75, 3.05) is 10.6 Å². The minimum absolute atomic E-state index is 0.145. The number of fused-ring (bicyclic) bond motifs is 1. The molecule has 1 amide bonds. The number of H-pyrrole nitrogens is 1. The fourth-order valence-corrected chi connectivity index (χ4v) is 3.86. The van der Waals surface area contributed by atoms with Crippen LogP contribution in [0.25, 0.3) is 11.4 Å². The first kappa shape index (κ1) is 19.5. The summed E-state index contributed by atoms with van der Waals surface area (Å²) in [6.45, 7) is 4.12. The number of carbonyl (C=O) groups excluding carboxylic acids is 1. The number of phenols is 1. The lowest BCUT2D eigenvalue weighted by molar-refractivity contribution is -0.377. The number of carbonyl (C=O) groups is 1. The molecule has 0 saturated heterocycles. The number of anilines is 2. The van der Waals surface area contributed by atoms with Gasteiger partial charge in [-0.2, -0.15) is 4.98 Å². The van der Waals surface area contributed by atoms with Gasteiger partial charge in [0.2, 0.25) is 11.9 Å². The predicted octanol–water partition coefficient (Wildman–Crippen LogP) is 3.25. The zero-order valence-electron chi connectivity index (χ0n) is 17.1. The molecule has 8 heteroatoms. The van der Waals surface area contributed by atoms with Crippen molar-refractivity contribution in [3.8, 4) is 17.1 Å². The SMILES string of the molecule is C=C1Nc2nc(-c3ccccc3)nn2C(c2ccc(O)cc2)C1C(=O)Nc1ccc[nH+]c1. The van der Waals surface area contributed by atoms with Crippen molar-refractivity contribution >= 4 is 17.5 Å². The van der Waals surface area contributed by atoms with Crippen LogP contribution in [0.15, 0.2) is 91.4 Å². The maximum Gasteiger partial charge on any atom is 0.236 e. The molecule has 2 aromatic carbocycles. The third-order valence-corrected chi connectivity index (χ3v) is 5.38. The highest BCUT2D eigenvalue weighted by molar-refractivity contribution is 5.95. The Balaban J connectivity index is 1.59. The van der Waals surface area contributed by atoms with Gasteiger partial charge in [-0.05, 0) is 23.8 Å². The molecule has 0 fully saturated rings. The Kier molecular flexibility index (Phi) is 4.87. The second kappa shape index (κ2) is 7.99. The number of amides is 1. The summed E-state index contributed by atoms with van der Waals surface area (Å²) >= 11 is 0. The van der Waals surface area contributed by atoms with Crippen molar-refractivity contribution in [1.29, 1.82) is 0 Å². The first-order valence-electron chi connectivity index (χ1n) is 10.1. The molecule has 3 heterocycles. The normalized spacial score (nSPS) is 17.3. The average Bonchev–Trinajstić information content (AvgIpc) is 3.23. The number of nitrogens with zero attached hydrogens (tertiary/aromatic N) is 3. The standard InChI is InChI=1S/C24H20N6O2/c1-15-20(23(32)27-18-8-5-13-25-14-18)21(16-9-11-19(31)12-10-16)30-24(26-15)28-22(29-30)17-6-3-2-4-7-17/h2-14,20-21,31H,1H2,(H,27,32)(H,26,28,29)/p+1. The monoisotopic (exact) mass is 425 g/mol. The van der Waals surface area contributed by atoms with Crippen molar-refractivity contribution in [1.82, 2.24) is 14.8 Å². The van der Waals surface area contributed by atoms with Crippen molar-refractivity contribution in [2.45, 2.75) is 6.04 Å². The number of hydrogen-bond acceptors (Lipinski definition) is 5. The van der Waals surface area contributed by atoms with E-state index in [1.807, 2.05) is 36.4 Å². The second-order valence-corrected chi connectivity index (χ2v) is 7.52. The van der Waals surface area contributed by atoms with Crippen LogP contribution in [0.4, 0.5) is 11.6 Å². The van der Waals surface area contributed by atoms with E-state index in [0.29, 0.717) is 23.2 Å². The van der Waals surface area contributed by atoms with Crippen LogP contribution in [0.1, 0.15) is 11.6 Å². The van der Waals surface area contributed by atoms with Crippen molar-refractivity contribution in [2.24, 2.45) is 5.92 Å². The fraction of sp³-hybridized carbons (Fsp3) is 0.0833. The van der Waals surface area contributed by atoms with Crippen LogP contribution in [0.3, 0.4) is 0 Å². The predicted molar refractivity (Wildman–Crippen MR) is 120 cm³/mol. The second-order valence-electron chi connectivity index (χ2n) is 7.52. The molecule has 4 N–H and O–H groups in total. The van der Waals surface area contributed by atoms with Crippen LogP contribution < -0.4 is 15.6 Å². The van der Waals surface area contributed by atoms with Crippen LogP contribution in [0.5, 0.6) is 5.75 Å². The largest absolute Gasteiger partial charge is 0.508 e. The molecule has 2 aromatic heterocycles. The Hall–Kier alpha value is -4.46. The van der Waals surface area contributed by atoms with Gasteiger partial charge in [0.25, 0.3) is 0 Å². The first-order chi connectivity index (χ1) is 15.6. The number of phenolic OH excluding ortho intramolecular Hbond substituents is 1. The lowest BCUT2D eigenvalue weighted by atomic mass is 9.88. The van der Waals surface area contributed by atoms with Crippen LogP contribution in [-0.4, -0.2) is 25.8 Å². The third-order valence-electron chi connectivity index (χ3n) is 5.38. The van der Waals surface area contributed by atoms with Gasteiger partial charge < -0.3 is 15.7 Å². The Morgan fingerprint density at radius 1 is 1.09 bits per heavy atom. The van der Waals surface area contributed by atoms with E-state index in [0.717, 1.165) is 11.1 Å². The van der Waals surface area contributed by atoms with E-state index in [-0.39, 0.29) is 11.7 Å². The summed E-state index contributed by atoms with van der Waals surface area (Å²) in [6, 6.07) is 19.5. The van der Waals surface area contributed by atoms with E-state index in [2.05, 4.69) is 27.2 Å². The van der Waals surface area contributed by atoms with Gasteiger partial charge in [0.05, 0.1) is 6.04 Å². The van der Waals surface area contributed by atoms with Gasteiger partial charge in [-0.15, -0.1) is 5.10 Å². The van der Waals surface area contributed by atoms with Gasteiger partial charge in [0.1, 0.15) is 17.4 Å². The molecule has 158 valence electrons. The number of aromatic hydroxyl groups is 1. The fourth-order valence-electron chi connectivity index (χ4n) is 3.86. The van der Waals surface area contributed by atoms with Crippen molar-refractivity contribution in [3.63, 3.8) is 0 Å². The number of pyridine rings is 1. The highest BCUT2D eigenvalue weighted by Crippen LogP contribution is 2.39. The average molecular weight is 425 g/mol. The maximum atomic E-state index is 13.4. The Bertz CT molecular complexity index is 1270. The molecule has 8 nitrogen and oxygen atoms in total. The molecule has 1 aliphatic heterocycles. The number of aromatic nitrogens is 4. The summed E-state index contributed by atoms with van der Waals surface area (Å²) < 4.78 is 1.71. The van der Waals surface area contributed by atoms with Gasteiger partial charge in [0, 0.05) is 17.3 Å². The van der Waals surface area contributed by atoms with E-state index in [4.69, 9.17) is 5.10 Å². The lowest BCUT2D eigenvalue weighted by Gasteiger charge is -2.33. The van der Waals surface area contributed by atoms with Crippen LogP contribution >= 0.6 is 0 Å². The summed E-state index contributed by atoms with van der Waals surface area (Å²) in [5, 5.41) is 20.6. The topological polar surface area (TPSA) is 106 Å². The minimum atomic E-state index is -0.669. The molecule has 0 saturated carbocycles. The van der Waals surface area contributed by atoms with E-state index in [9.17, 15) is 9.90 Å². The van der Waals surface area contributed by atoms with Gasteiger partial charge in [-0.3, -0.25) is 4.79 Å².